The summed E-state index contributed by atoms with van der Waals surface area (Å²) in [7, 11) is -2.81. The van der Waals surface area contributed by atoms with Crippen LogP contribution in [0.2, 0.25) is 0 Å². The van der Waals surface area contributed by atoms with Gasteiger partial charge in [0, 0.05) is 12.3 Å². The van der Waals surface area contributed by atoms with Crippen LogP contribution in [0.25, 0.3) is 0 Å². The Hall–Kier alpha value is 0.190. The highest BCUT2D eigenvalue weighted by Gasteiger charge is 2.16. The van der Waals surface area contributed by atoms with Crippen molar-refractivity contribution < 1.29 is 9.46 Å². The van der Waals surface area contributed by atoms with Crippen molar-refractivity contribution in [2.24, 2.45) is 0 Å². The molecule has 122 valence electrons. The van der Waals surface area contributed by atoms with E-state index in [0.717, 1.165) is 25.7 Å². The standard InChI is InChI=1S/C17H37O2P/c1-3-5-7-9-11-13-15-17-20(18,19)16-14-12-10-8-6-4-2/h3-17H2,1-2H3,(H,18,19). The minimum atomic E-state index is -2.81. The van der Waals surface area contributed by atoms with Crippen molar-refractivity contribution >= 4 is 7.37 Å². The molecule has 0 saturated carbocycles. The highest BCUT2D eigenvalue weighted by Crippen LogP contribution is 2.42. The lowest BCUT2D eigenvalue weighted by Crippen LogP contribution is -1.96. The van der Waals surface area contributed by atoms with Crippen LogP contribution in [-0.4, -0.2) is 17.2 Å². The van der Waals surface area contributed by atoms with Crippen LogP contribution in [-0.2, 0) is 4.57 Å². The van der Waals surface area contributed by atoms with Gasteiger partial charge in [0.25, 0.3) is 0 Å². The molecule has 0 aromatic heterocycles. The van der Waals surface area contributed by atoms with E-state index in [1.807, 2.05) is 0 Å². The van der Waals surface area contributed by atoms with Crippen LogP contribution >= 0.6 is 7.37 Å². The summed E-state index contributed by atoms with van der Waals surface area (Å²) in [5, 5.41) is 0. The molecule has 2 nitrogen and oxygen atoms in total. The zero-order valence-corrected chi connectivity index (χ0v) is 14.8. The van der Waals surface area contributed by atoms with Gasteiger partial charge in [-0.3, -0.25) is 4.57 Å². The van der Waals surface area contributed by atoms with Crippen LogP contribution in [0.4, 0.5) is 0 Å². The smallest absolute Gasteiger partial charge is 0.200 e. The monoisotopic (exact) mass is 304 g/mol. The van der Waals surface area contributed by atoms with E-state index in [4.69, 9.17) is 0 Å². The molecule has 0 aromatic rings. The average Bonchev–Trinajstić information content (AvgIpc) is 2.41. The highest BCUT2D eigenvalue weighted by atomic mass is 31.2. The topological polar surface area (TPSA) is 37.3 Å². The summed E-state index contributed by atoms with van der Waals surface area (Å²) in [5.74, 6) is 0. The predicted octanol–water partition coefficient (Wildman–Crippen LogP) is 6.37. The lowest BCUT2D eigenvalue weighted by Gasteiger charge is -2.11. The Morgan fingerprint density at radius 2 is 0.900 bits per heavy atom. The molecule has 3 heteroatoms. The van der Waals surface area contributed by atoms with Crippen LogP contribution in [0.1, 0.15) is 97.3 Å². The molecule has 0 fully saturated rings. The van der Waals surface area contributed by atoms with Gasteiger partial charge in [-0.1, -0.05) is 84.5 Å². The Kier molecular flexibility index (Phi) is 14.3. The van der Waals surface area contributed by atoms with Crippen LogP contribution in [0, 0.1) is 0 Å². The summed E-state index contributed by atoms with van der Waals surface area (Å²) < 4.78 is 12.0. The maximum absolute atomic E-state index is 12.0. The van der Waals surface area contributed by atoms with Crippen LogP contribution in [0.3, 0.4) is 0 Å². The number of hydrogen-bond acceptors (Lipinski definition) is 1. The summed E-state index contributed by atoms with van der Waals surface area (Å²) in [6.07, 6.45) is 16.8. The highest BCUT2D eigenvalue weighted by molar-refractivity contribution is 7.57. The van der Waals surface area contributed by atoms with E-state index in [-0.39, 0.29) is 0 Å². The van der Waals surface area contributed by atoms with E-state index in [2.05, 4.69) is 13.8 Å². The quantitative estimate of drug-likeness (QED) is 0.282. The molecule has 1 N–H and O–H groups in total. The second-order valence-electron chi connectivity index (χ2n) is 6.18. The van der Waals surface area contributed by atoms with Gasteiger partial charge in [-0.05, 0) is 12.8 Å². The fourth-order valence-electron chi connectivity index (χ4n) is 2.57. The minimum absolute atomic E-state index is 0.551. The van der Waals surface area contributed by atoms with Gasteiger partial charge in [0.1, 0.15) is 0 Å². The van der Waals surface area contributed by atoms with E-state index in [1.165, 1.54) is 57.8 Å². The third kappa shape index (κ3) is 14.6. The second-order valence-corrected chi connectivity index (χ2v) is 8.77. The minimum Gasteiger partial charge on any atom is -0.344 e. The van der Waals surface area contributed by atoms with Crippen molar-refractivity contribution in [3.63, 3.8) is 0 Å². The van der Waals surface area contributed by atoms with Crippen molar-refractivity contribution in [2.75, 3.05) is 12.3 Å². The first-order valence-corrected chi connectivity index (χ1v) is 11.0. The average molecular weight is 304 g/mol. The molecule has 0 aliphatic rings. The van der Waals surface area contributed by atoms with Crippen LogP contribution in [0.15, 0.2) is 0 Å². The second kappa shape index (κ2) is 14.1. The summed E-state index contributed by atoms with van der Waals surface area (Å²) in [6.45, 7) is 4.44. The first-order chi connectivity index (χ1) is 9.62. The zero-order chi connectivity index (χ0) is 15.1. The molecule has 0 bridgehead atoms. The van der Waals surface area contributed by atoms with Crippen molar-refractivity contribution in [2.45, 2.75) is 97.3 Å². The Morgan fingerprint density at radius 3 is 1.25 bits per heavy atom. The number of unbranched alkanes of at least 4 members (excludes halogenated alkanes) is 11. The molecular formula is C17H37O2P. The summed E-state index contributed by atoms with van der Waals surface area (Å²) >= 11 is 0. The van der Waals surface area contributed by atoms with Gasteiger partial charge in [-0.2, -0.15) is 0 Å². The molecule has 0 spiro atoms. The van der Waals surface area contributed by atoms with Gasteiger partial charge in [0.15, 0.2) is 0 Å². The maximum atomic E-state index is 12.0. The zero-order valence-electron chi connectivity index (χ0n) is 13.9. The molecule has 0 aliphatic heterocycles. The van der Waals surface area contributed by atoms with Crippen molar-refractivity contribution in [3.8, 4) is 0 Å². The molecule has 0 heterocycles. The van der Waals surface area contributed by atoms with Gasteiger partial charge in [0.05, 0.1) is 0 Å². The lowest BCUT2D eigenvalue weighted by atomic mass is 10.1. The Bertz CT molecular complexity index is 241. The normalized spacial score (nSPS) is 14.3. The summed E-state index contributed by atoms with van der Waals surface area (Å²) in [5.41, 5.74) is 0. The molecule has 20 heavy (non-hydrogen) atoms. The van der Waals surface area contributed by atoms with Gasteiger partial charge >= 0.3 is 0 Å². The van der Waals surface area contributed by atoms with Crippen LogP contribution < -0.4 is 0 Å². The number of rotatable bonds is 15. The largest absolute Gasteiger partial charge is 0.344 e. The van der Waals surface area contributed by atoms with Gasteiger partial charge in [0.2, 0.25) is 7.37 Å². The SMILES string of the molecule is CCCCCCCCCP(=O)(O)CCCCCCCC. The van der Waals surface area contributed by atoms with E-state index in [1.54, 1.807) is 0 Å². The van der Waals surface area contributed by atoms with E-state index in [0.29, 0.717) is 12.3 Å². The molecule has 0 saturated heterocycles. The maximum Gasteiger partial charge on any atom is 0.200 e. The van der Waals surface area contributed by atoms with Crippen molar-refractivity contribution in [1.82, 2.24) is 0 Å². The summed E-state index contributed by atoms with van der Waals surface area (Å²) in [4.78, 5) is 9.91. The molecule has 0 radical (unpaired) electrons. The first-order valence-electron chi connectivity index (χ1n) is 8.93. The Balaban J connectivity index is 3.38. The van der Waals surface area contributed by atoms with Crippen LogP contribution in [0.5, 0.6) is 0 Å². The molecule has 0 aromatic carbocycles. The molecule has 1 atom stereocenters. The summed E-state index contributed by atoms with van der Waals surface area (Å²) in [6, 6.07) is 0. The molecule has 0 rings (SSSR count). The van der Waals surface area contributed by atoms with Crippen molar-refractivity contribution in [3.05, 3.63) is 0 Å². The third-order valence-corrected chi connectivity index (χ3v) is 6.00. The molecular weight excluding hydrogens is 267 g/mol. The number of hydrogen-bond donors (Lipinski definition) is 1. The lowest BCUT2D eigenvalue weighted by molar-refractivity contribution is 0.469. The van der Waals surface area contributed by atoms with Gasteiger partial charge in [-0.25, -0.2) is 0 Å². The predicted molar refractivity (Wildman–Crippen MR) is 90.9 cm³/mol. The van der Waals surface area contributed by atoms with Crippen molar-refractivity contribution in [1.29, 1.82) is 0 Å². The fraction of sp³-hybridized carbons (Fsp3) is 1.00. The van der Waals surface area contributed by atoms with Gasteiger partial charge in [-0.15, -0.1) is 0 Å². The molecule has 1 unspecified atom stereocenters. The Morgan fingerprint density at radius 1 is 0.600 bits per heavy atom. The first kappa shape index (κ1) is 20.2. The molecule has 0 aliphatic carbocycles. The fourth-order valence-corrected chi connectivity index (χ4v) is 4.23. The molecule has 0 amide bonds. The van der Waals surface area contributed by atoms with E-state index < -0.39 is 7.37 Å². The van der Waals surface area contributed by atoms with E-state index in [9.17, 15) is 9.46 Å². The van der Waals surface area contributed by atoms with E-state index >= 15 is 0 Å². The van der Waals surface area contributed by atoms with Gasteiger partial charge < -0.3 is 4.89 Å². The Labute approximate surface area is 127 Å². The third-order valence-electron chi connectivity index (χ3n) is 3.97.